The van der Waals surface area contributed by atoms with Gasteiger partial charge in [-0.1, -0.05) is 11.6 Å². The number of aromatic nitrogens is 3. The minimum absolute atomic E-state index is 0.0541. The van der Waals surface area contributed by atoms with Crippen LogP contribution in [0.4, 0.5) is 10.1 Å². The van der Waals surface area contributed by atoms with Gasteiger partial charge in [0.25, 0.3) is 0 Å². The number of anilines is 1. The van der Waals surface area contributed by atoms with Crippen molar-refractivity contribution in [1.82, 2.24) is 14.8 Å². The van der Waals surface area contributed by atoms with E-state index in [4.69, 9.17) is 25.8 Å². The number of nitriles is 1. The molecule has 0 aromatic carbocycles. The molecule has 1 N–H and O–H groups in total. The fraction of sp³-hybridized carbons (Fsp3) is 0.632. The second kappa shape index (κ2) is 6.51. The SMILES string of the molecule is C[C@H]1O[C@@H](n2ncc3c(NC4CC(F)C4)c(C#N)c(Cl)nc32)[C@@H]2OC(C)(C)O[C@@H]21. The van der Waals surface area contributed by atoms with Crippen molar-refractivity contribution in [3.8, 4) is 6.07 Å². The second-order valence-corrected chi connectivity index (χ2v) is 8.66. The van der Waals surface area contributed by atoms with Gasteiger partial charge in [0.15, 0.2) is 22.8 Å². The number of nitrogens with zero attached hydrogens (tertiary/aromatic N) is 4. The summed E-state index contributed by atoms with van der Waals surface area (Å²) in [5.41, 5.74) is 1.22. The van der Waals surface area contributed by atoms with Crippen molar-refractivity contribution in [3.05, 3.63) is 16.9 Å². The molecule has 1 saturated carbocycles. The van der Waals surface area contributed by atoms with E-state index in [9.17, 15) is 9.65 Å². The Hall–Kier alpha value is -1.99. The second-order valence-electron chi connectivity index (χ2n) is 8.30. The van der Waals surface area contributed by atoms with Gasteiger partial charge in [-0.25, -0.2) is 14.1 Å². The van der Waals surface area contributed by atoms with Gasteiger partial charge in [0, 0.05) is 6.04 Å². The summed E-state index contributed by atoms with van der Waals surface area (Å²) in [5.74, 6) is -0.715. The molecule has 5 rings (SSSR count). The molecule has 3 aliphatic rings. The van der Waals surface area contributed by atoms with Gasteiger partial charge in [0.05, 0.1) is 23.4 Å². The van der Waals surface area contributed by atoms with Gasteiger partial charge in [0.2, 0.25) is 0 Å². The van der Waals surface area contributed by atoms with Crippen LogP contribution in [-0.2, 0) is 14.2 Å². The van der Waals surface area contributed by atoms with Crippen molar-refractivity contribution < 1.29 is 18.6 Å². The van der Waals surface area contributed by atoms with E-state index in [0.717, 1.165) is 0 Å². The van der Waals surface area contributed by atoms with E-state index in [1.807, 2.05) is 20.8 Å². The van der Waals surface area contributed by atoms with Crippen molar-refractivity contribution in [2.45, 2.75) is 76.2 Å². The standard InChI is InChI=1S/C19H21ClFN5O3/c1-8-14-15(29-19(2,3)28-14)18(27-8)26-17-12(7-23-26)13(11(6-22)16(20)25-17)24-10-4-9(21)5-10/h7-10,14-15,18H,4-5H2,1-3H3,(H,24,25)/t8-,9?,10?,14-,15-,18-/m1/s1. The van der Waals surface area contributed by atoms with Gasteiger partial charge in [-0.15, -0.1) is 0 Å². The van der Waals surface area contributed by atoms with Gasteiger partial charge in [-0.05, 0) is 33.6 Å². The van der Waals surface area contributed by atoms with Gasteiger partial charge < -0.3 is 19.5 Å². The highest BCUT2D eigenvalue weighted by molar-refractivity contribution is 6.31. The number of hydrogen-bond donors (Lipinski definition) is 1. The summed E-state index contributed by atoms with van der Waals surface area (Å²) in [6.45, 7) is 5.66. The van der Waals surface area contributed by atoms with Crippen molar-refractivity contribution in [3.63, 3.8) is 0 Å². The fourth-order valence-electron chi connectivity index (χ4n) is 4.31. The van der Waals surface area contributed by atoms with Gasteiger partial charge >= 0.3 is 0 Å². The Balaban J connectivity index is 1.57. The summed E-state index contributed by atoms with van der Waals surface area (Å²) >= 11 is 6.32. The highest BCUT2D eigenvalue weighted by Crippen LogP contribution is 2.44. The van der Waals surface area contributed by atoms with E-state index in [2.05, 4.69) is 21.5 Å². The number of alkyl halides is 1. The lowest BCUT2D eigenvalue weighted by atomic mass is 9.90. The average molecular weight is 422 g/mol. The number of rotatable bonds is 3. The molecule has 1 aliphatic carbocycles. The van der Waals surface area contributed by atoms with Crippen LogP contribution in [0.5, 0.6) is 0 Å². The molecular formula is C19H21ClFN5O3. The maximum Gasteiger partial charge on any atom is 0.181 e. The predicted octanol–water partition coefficient (Wildman–Crippen LogP) is 3.31. The molecule has 0 spiro atoms. The first-order valence-corrected chi connectivity index (χ1v) is 10.0. The number of fused-ring (bicyclic) bond motifs is 2. The summed E-state index contributed by atoms with van der Waals surface area (Å²) in [6.07, 6.45) is 0.289. The summed E-state index contributed by atoms with van der Waals surface area (Å²) < 4.78 is 33.0. The third kappa shape index (κ3) is 2.97. The topological polar surface area (TPSA) is 94.2 Å². The predicted molar refractivity (Wildman–Crippen MR) is 102 cm³/mol. The summed E-state index contributed by atoms with van der Waals surface area (Å²) in [7, 11) is 0. The summed E-state index contributed by atoms with van der Waals surface area (Å²) in [5, 5.41) is 18.0. The van der Waals surface area contributed by atoms with Crippen LogP contribution < -0.4 is 5.32 Å². The van der Waals surface area contributed by atoms with Gasteiger partial charge in [0.1, 0.15) is 30.0 Å². The summed E-state index contributed by atoms with van der Waals surface area (Å²) in [4.78, 5) is 4.41. The monoisotopic (exact) mass is 421 g/mol. The Morgan fingerprint density at radius 1 is 1.34 bits per heavy atom. The molecule has 8 nitrogen and oxygen atoms in total. The van der Waals surface area contributed by atoms with E-state index >= 15 is 0 Å². The lowest BCUT2D eigenvalue weighted by molar-refractivity contribution is -0.195. The highest BCUT2D eigenvalue weighted by Gasteiger charge is 2.55. The Kier molecular flexibility index (Phi) is 4.26. The Labute approximate surface area is 171 Å². The van der Waals surface area contributed by atoms with Gasteiger partial charge in [-0.3, -0.25) is 0 Å². The lowest BCUT2D eigenvalue weighted by Gasteiger charge is -2.31. The molecule has 4 atom stereocenters. The van der Waals surface area contributed by atoms with Crippen LogP contribution in [0.15, 0.2) is 6.20 Å². The van der Waals surface area contributed by atoms with Crippen LogP contribution in [0, 0.1) is 11.3 Å². The first kappa shape index (κ1) is 19.0. The van der Waals surface area contributed by atoms with Crippen LogP contribution in [0.25, 0.3) is 11.0 Å². The van der Waals surface area contributed by atoms with E-state index in [1.54, 1.807) is 10.9 Å². The zero-order valence-corrected chi connectivity index (χ0v) is 17.0. The number of pyridine rings is 1. The number of hydrogen-bond acceptors (Lipinski definition) is 7. The van der Waals surface area contributed by atoms with Crippen molar-refractivity contribution >= 4 is 28.3 Å². The van der Waals surface area contributed by atoms with Crippen LogP contribution in [0.1, 0.15) is 45.4 Å². The van der Waals surface area contributed by atoms with E-state index < -0.39 is 18.2 Å². The Morgan fingerprint density at radius 2 is 2.07 bits per heavy atom. The molecule has 29 heavy (non-hydrogen) atoms. The molecule has 0 bridgehead atoms. The molecule has 2 aromatic rings. The van der Waals surface area contributed by atoms with Gasteiger partial charge in [-0.2, -0.15) is 10.4 Å². The molecule has 0 radical (unpaired) electrons. The average Bonchev–Trinajstić information content (AvgIpc) is 3.26. The molecule has 0 amide bonds. The molecule has 154 valence electrons. The maximum absolute atomic E-state index is 13.3. The zero-order chi connectivity index (χ0) is 20.5. The molecule has 2 aliphatic heterocycles. The molecule has 0 unspecified atom stereocenters. The van der Waals surface area contributed by atoms with E-state index in [1.165, 1.54) is 0 Å². The van der Waals surface area contributed by atoms with Crippen LogP contribution in [0.3, 0.4) is 0 Å². The Bertz CT molecular complexity index is 1020. The first-order valence-electron chi connectivity index (χ1n) is 9.66. The maximum atomic E-state index is 13.3. The highest BCUT2D eigenvalue weighted by atomic mass is 35.5. The lowest BCUT2D eigenvalue weighted by Crippen LogP contribution is -2.36. The molecule has 2 saturated heterocycles. The molecule has 4 heterocycles. The normalized spacial score (nSPS) is 35.3. The van der Waals surface area contributed by atoms with E-state index in [0.29, 0.717) is 29.6 Å². The van der Waals surface area contributed by atoms with Crippen LogP contribution >= 0.6 is 11.6 Å². The zero-order valence-electron chi connectivity index (χ0n) is 16.2. The fourth-order valence-corrected chi connectivity index (χ4v) is 4.53. The largest absolute Gasteiger partial charge is 0.380 e. The first-order chi connectivity index (χ1) is 13.8. The van der Waals surface area contributed by atoms with Crippen LogP contribution in [0.2, 0.25) is 5.15 Å². The number of nitrogens with one attached hydrogen (secondary N) is 1. The number of ether oxygens (including phenoxy) is 3. The molecular weight excluding hydrogens is 401 g/mol. The smallest absolute Gasteiger partial charge is 0.181 e. The quantitative estimate of drug-likeness (QED) is 0.759. The van der Waals surface area contributed by atoms with Crippen molar-refractivity contribution in [2.75, 3.05) is 5.32 Å². The third-order valence-corrected chi connectivity index (χ3v) is 6.02. The van der Waals surface area contributed by atoms with Crippen LogP contribution in [-0.4, -0.2) is 51.1 Å². The van der Waals surface area contributed by atoms with E-state index in [-0.39, 0.29) is 35.1 Å². The van der Waals surface area contributed by atoms with Crippen molar-refractivity contribution in [1.29, 1.82) is 5.26 Å². The minimum atomic E-state index is -0.818. The summed E-state index contributed by atoms with van der Waals surface area (Å²) in [6, 6.07) is 2.04. The molecule has 2 aromatic heterocycles. The number of halogens is 2. The Morgan fingerprint density at radius 3 is 2.76 bits per heavy atom. The third-order valence-electron chi connectivity index (χ3n) is 5.74. The molecule has 3 fully saturated rings. The minimum Gasteiger partial charge on any atom is -0.380 e. The van der Waals surface area contributed by atoms with Crippen molar-refractivity contribution in [2.24, 2.45) is 0 Å². The molecule has 10 heteroatoms.